The first-order valence-corrected chi connectivity index (χ1v) is 9.66. The molecule has 0 unspecified atom stereocenters. The number of hydrogen-bond acceptors (Lipinski definition) is 4. The van der Waals surface area contributed by atoms with Gasteiger partial charge in [-0.1, -0.05) is 39.0 Å². The van der Waals surface area contributed by atoms with E-state index in [1.807, 2.05) is 6.20 Å². The summed E-state index contributed by atoms with van der Waals surface area (Å²) in [4.78, 5) is 15.2. The summed E-state index contributed by atoms with van der Waals surface area (Å²) < 4.78 is 2.23. The summed E-state index contributed by atoms with van der Waals surface area (Å²) in [5.41, 5.74) is 4.41. The third kappa shape index (κ3) is 6.29. The molecule has 7 nitrogen and oxygen atoms in total. The van der Waals surface area contributed by atoms with Gasteiger partial charge in [0.25, 0.3) is 6.47 Å². The summed E-state index contributed by atoms with van der Waals surface area (Å²) in [5, 5.41) is 14.6. The Hall–Kier alpha value is -2.93. The fourth-order valence-electron chi connectivity index (χ4n) is 2.98. The summed E-state index contributed by atoms with van der Waals surface area (Å²) in [7, 11) is 4.21. The van der Waals surface area contributed by atoms with Crippen LogP contribution in [0.15, 0.2) is 42.7 Å². The topological polar surface area (TPSA) is 87.0 Å². The van der Waals surface area contributed by atoms with E-state index < -0.39 is 0 Å². The minimum Gasteiger partial charge on any atom is -0.483 e. The van der Waals surface area contributed by atoms with E-state index in [2.05, 4.69) is 96.0 Å². The number of rotatable bonds is 6. The molecule has 0 saturated heterocycles. The van der Waals surface area contributed by atoms with E-state index >= 15 is 0 Å². The number of imidazole rings is 1. The van der Waals surface area contributed by atoms with Gasteiger partial charge in [0.2, 0.25) is 0 Å². The zero-order valence-corrected chi connectivity index (χ0v) is 17.9. The van der Waals surface area contributed by atoms with E-state index in [9.17, 15) is 0 Å². The standard InChI is InChI=1S/C21H29N5.CH2O2/c1-21(2,3)19-15-18(23-24-19)16-8-6-9-17(14-16)20-22-10-13-26(20)12-7-11-25(4)5;2-1-3/h6,8-10,13-15H,7,11-12H2,1-5H3,(H,23,24);1H,(H,2,3). The molecule has 0 amide bonds. The molecule has 3 aromatic rings. The molecule has 0 spiro atoms. The van der Waals surface area contributed by atoms with Gasteiger partial charge in [-0.2, -0.15) is 5.10 Å². The molecule has 0 aliphatic heterocycles. The van der Waals surface area contributed by atoms with Gasteiger partial charge in [-0.15, -0.1) is 0 Å². The monoisotopic (exact) mass is 397 g/mol. The van der Waals surface area contributed by atoms with Crippen molar-refractivity contribution in [3.63, 3.8) is 0 Å². The van der Waals surface area contributed by atoms with Crippen molar-refractivity contribution in [3.05, 3.63) is 48.4 Å². The van der Waals surface area contributed by atoms with E-state index in [-0.39, 0.29) is 11.9 Å². The highest BCUT2D eigenvalue weighted by Crippen LogP contribution is 2.28. The Bertz CT molecular complexity index is 906. The molecule has 0 aliphatic rings. The second kappa shape index (κ2) is 10.0. The van der Waals surface area contributed by atoms with Gasteiger partial charge in [-0.25, -0.2) is 4.98 Å². The van der Waals surface area contributed by atoms with Gasteiger partial charge in [-0.3, -0.25) is 9.89 Å². The second-order valence-corrected chi connectivity index (χ2v) is 8.20. The number of hydrogen-bond donors (Lipinski definition) is 2. The molecular formula is C22H31N5O2. The molecule has 156 valence electrons. The smallest absolute Gasteiger partial charge is 0.290 e. The predicted molar refractivity (Wildman–Crippen MR) is 116 cm³/mol. The summed E-state index contributed by atoms with van der Waals surface area (Å²) in [5.74, 6) is 1.01. The van der Waals surface area contributed by atoms with Crippen molar-refractivity contribution in [1.29, 1.82) is 0 Å². The van der Waals surface area contributed by atoms with Crippen LogP contribution in [-0.2, 0) is 16.8 Å². The Kier molecular flexibility index (Phi) is 7.73. The molecule has 0 atom stereocenters. The van der Waals surface area contributed by atoms with Gasteiger partial charge in [0.1, 0.15) is 5.82 Å². The number of aromatic nitrogens is 4. The molecule has 29 heavy (non-hydrogen) atoms. The first kappa shape index (κ1) is 22.4. The van der Waals surface area contributed by atoms with Crippen molar-refractivity contribution in [2.75, 3.05) is 20.6 Å². The third-order valence-corrected chi connectivity index (χ3v) is 4.52. The SMILES string of the molecule is CN(C)CCCn1ccnc1-c1cccc(-c2cc(C(C)(C)C)[nH]n2)c1.O=CO. The van der Waals surface area contributed by atoms with Gasteiger partial charge >= 0.3 is 0 Å². The number of carbonyl (C=O) groups is 1. The molecule has 2 heterocycles. The van der Waals surface area contributed by atoms with Crippen molar-refractivity contribution in [2.24, 2.45) is 0 Å². The van der Waals surface area contributed by atoms with Crippen molar-refractivity contribution < 1.29 is 9.90 Å². The lowest BCUT2D eigenvalue weighted by Gasteiger charge is -2.14. The number of H-pyrrole nitrogens is 1. The number of aryl methyl sites for hydroxylation is 1. The Morgan fingerprint density at radius 2 is 1.90 bits per heavy atom. The number of nitrogens with one attached hydrogen (secondary N) is 1. The highest BCUT2D eigenvalue weighted by atomic mass is 16.3. The van der Waals surface area contributed by atoms with E-state index in [1.54, 1.807) is 0 Å². The van der Waals surface area contributed by atoms with Gasteiger partial charge < -0.3 is 14.6 Å². The van der Waals surface area contributed by atoms with E-state index in [0.29, 0.717) is 0 Å². The van der Waals surface area contributed by atoms with Crippen LogP contribution in [0.5, 0.6) is 0 Å². The zero-order valence-electron chi connectivity index (χ0n) is 17.9. The molecule has 0 radical (unpaired) electrons. The Balaban J connectivity index is 0.000000941. The Labute approximate surface area is 172 Å². The van der Waals surface area contributed by atoms with E-state index in [0.717, 1.165) is 47.8 Å². The van der Waals surface area contributed by atoms with Crippen LogP contribution in [0.3, 0.4) is 0 Å². The average Bonchev–Trinajstić information content (AvgIpc) is 3.32. The maximum atomic E-state index is 8.36. The fraction of sp³-hybridized carbons (Fsp3) is 0.409. The molecule has 2 N–H and O–H groups in total. The van der Waals surface area contributed by atoms with Crippen molar-refractivity contribution in [1.82, 2.24) is 24.6 Å². The lowest BCUT2D eigenvalue weighted by Crippen LogP contribution is -2.15. The third-order valence-electron chi connectivity index (χ3n) is 4.52. The van der Waals surface area contributed by atoms with E-state index in [1.165, 1.54) is 0 Å². The number of aromatic amines is 1. The molecule has 2 aromatic heterocycles. The highest BCUT2D eigenvalue weighted by molar-refractivity contribution is 5.68. The minimum atomic E-state index is -0.250. The van der Waals surface area contributed by atoms with Gasteiger partial charge in [0.15, 0.2) is 0 Å². The van der Waals surface area contributed by atoms with Gasteiger partial charge in [-0.05, 0) is 39.2 Å². The summed E-state index contributed by atoms with van der Waals surface area (Å²) >= 11 is 0. The first-order valence-electron chi connectivity index (χ1n) is 9.66. The largest absolute Gasteiger partial charge is 0.483 e. The van der Waals surface area contributed by atoms with Crippen LogP contribution < -0.4 is 0 Å². The van der Waals surface area contributed by atoms with Crippen LogP contribution in [0, 0.1) is 0 Å². The van der Waals surface area contributed by atoms with Crippen LogP contribution in [0.4, 0.5) is 0 Å². The van der Waals surface area contributed by atoms with Gasteiger partial charge in [0, 0.05) is 41.2 Å². The molecular weight excluding hydrogens is 366 g/mol. The van der Waals surface area contributed by atoms with Crippen LogP contribution in [0.1, 0.15) is 32.9 Å². The summed E-state index contributed by atoms with van der Waals surface area (Å²) in [6.07, 6.45) is 5.04. The molecule has 0 fully saturated rings. The second-order valence-electron chi connectivity index (χ2n) is 8.20. The van der Waals surface area contributed by atoms with Crippen LogP contribution in [0.2, 0.25) is 0 Å². The zero-order chi connectivity index (χ0) is 21.4. The van der Waals surface area contributed by atoms with E-state index in [4.69, 9.17) is 9.90 Å². The first-order chi connectivity index (χ1) is 13.8. The fourth-order valence-corrected chi connectivity index (χ4v) is 2.98. The van der Waals surface area contributed by atoms with Crippen molar-refractivity contribution in [3.8, 4) is 22.6 Å². The molecule has 0 saturated carbocycles. The molecule has 7 heteroatoms. The maximum absolute atomic E-state index is 8.36. The van der Waals surface area contributed by atoms with Gasteiger partial charge in [0.05, 0.1) is 5.69 Å². The minimum absolute atomic E-state index is 0.0611. The van der Waals surface area contributed by atoms with Crippen molar-refractivity contribution >= 4 is 6.47 Å². The predicted octanol–water partition coefficient (Wildman–Crippen LogP) is 3.89. The Morgan fingerprint density at radius 1 is 1.21 bits per heavy atom. The molecule has 3 rings (SSSR count). The number of benzene rings is 1. The molecule has 0 aliphatic carbocycles. The van der Waals surface area contributed by atoms with Crippen LogP contribution >= 0.6 is 0 Å². The number of nitrogens with zero attached hydrogens (tertiary/aromatic N) is 4. The molecule has 0 bridgehead atoms. The number of carboxylic acid groups (broad SMARTS) is 1. The normalized spacial score (nSPS) is 11.2. The summed E-state index contributed by atoms with van der Waals surface area (Å²) in [6.45, 7) is 8.34. The van der Waals surface area contributed by atoms with Crippen LogP contribution in [0.25, 0.3) is 22.6 Å². The maximum Gasteiger partial charge on any atom is 0.290 e. The lowest BCUT2D eigenvalue weighted by molar-refractivity contribution is -0.122. The lowest BCUT2D eigenvalue weighted by atomic mass is 9.92. The van der Waals surface area contributed by atoms with Crippen molar-refractivity contribution in [2.45, 2.75) is 39.2 Å². The quantitative estimate of drug-likeness (QED) is 0.616. The van der Waals surface area contributed by atoms with Crippen LogP contribution in [-0.4, -0.2) is 56.9 Å². The molecule has 1 aromatic carbocycles. The highest BCUT2D eigenvalue weighted by Gasteiger charge is 2.17. The summed E-state index contributed by atoms with van der Waals surface area (Å²) in [6, 6.07) is 10.6. The average molecular weight is 398 g/mol. The Morgan fingerprint density at radius 3 is 2.52 bits per heavy atom.